The average Bonchev–Trinajstić information content (AvgIpc) is 3.47. The van der Waals surface area contributed by atoms with Crippen LogP contribution in [0.5, 0.6) is 5.75 Å². The van der Waals surface area contributed by atoms with Crippen LogP contribution in [0, 0.1) is 0 Å². The third kappa shape index (κ3) is 3.58. The number of para-hydroxylation sites is 1. The van der Waals surface area contributed by atoms with Crippen LogP contribution >= 0.6 is 22.7 Å². The molecule has 0 saturated heterocycles. The number of nitrogens with zero attached hydrogens (tertiary/aromatic N) is 2. The predicted molar refractivity (Wildman–Crippen MR) is 139 cm³/mol. The fourth-order valence-electron chi connectivity index (χ4n) is 4.82. The molecule has 6 heteroatoms. The minimum Gasteiger partial charge on any atom is -0.490 e. The van der Waals surface area contributed by atoms with Crippen molar-refractivity contribution in [3.8, 4) is 5.75 Å². The van der Waals surface area contributed by atoms with Crippen LogP contribution < -0.4 is 19.6 Å². The van der Waals surface area contributed by atoms with Crippen LogP contribution in [0.15, 0.2) is 81.4 Å². The molecule has 0 amide bonds. The van der Waals surface area contributed by atoms with E-state index >= 15 is 0 Å². The van der Waals surface area contributed by atoms with E-state index in [4.69, 9.17) is 9.73 Å². The molecule has 0 bridgehead atoms. The van der Waals surface area contributed by atoms with Crippen LogP contribution in [0.25, 0.3) is 11.8 Å². The van der Waals surface area contributed by atoms with Crippen LogP contribution in [0.1, 0.15) is 47.9 Å². The Morgan fingerprint density at radius 3 is 2.71 bits per heavy atom. The molecule has 3 heterocycles. The maximum Gasteiger partial charge on any atom is 0.271 e. The fraction of sp³-hybridized carbons (Fsp3) is 0.214. The van der Waals surface area contributed by atoms with Gasteiger partial charge in [0.25, 0.3) is 5.56 Å². The molecule has 0 fully saturated rings. The van der Waals surface area contributed by atoms with Crippen molar-refractivity contribution in [2.45, 2.75) is 38.8 Å². The lowest BCUT2D eigenvalue weighted by Gasteiger charge is -2.30. The third-order valence-corrected chi connectivity index (χ3v) is 8.16. The Bertz CT molecular complexity index is 1590. The first-order valence-corrected chi connectivity index (χ1v) is 13.2. The summed E-state index contributed by atoms with van der Waals surface area (Å²) in [4.78, 5) is 20.8. The van der Waals surface area contributed by atoms with Gasteiger partial charge in [-0.15, -0.1) is 11.3 Å². The molecule has 1 atom stereocenters. The number of fused-ring (bicyclic) bond motifs is 3. The highest BCUT2D eigenvalue weighted by atomic mass is 32.1. The van der Waals surface area contributed by atoms with Gasteiger partial charge in [-0.25, -0.2) is 4.99 Å². The van der Waals surface area contributed by atoms with Gasteiger partial charge in [0.05, 0.1) is 22.4 Å². The van der Waals surface area contributed by atoms with Crippen molar-refractivity contribution in [3.05, 3.63) is 113 Å². The number of rotatable bonds is 4. The van der Waals surface area contributed by atoms with E-state index in [0.29, 0.717) is 4.53 Å². The van der Waals surface area contributed by atoms with E-state index in [0.717, 1.165) is 34.7 Å². The van der Waals surface area contributed by atoms with Crippen molar-refractivity contribution in [3.63, 3.8) is 0 Å². The molecule has 2 aliphatic rings. The molecule has 0 saturated carbocycles. The Balaban J connectivity index is 1.58. The average molecular weight is 485 g/mol. The molecule has 2 aromatic heterocycles. The lowest BCUT2D eigenvalue weighted by atomic mass is 9.85. The largest absolute Gasteiger partial charge is 0.490 e. The summed E-state index contributed by atoms with van der Waals surface area (Å²) in [6.07, 6.45) is 3.88. The van der Waals surface area contributed by atoms with E-state index in [1.807, 2.05) is 48.8 Å². The van der Waals surface area contributed by atoms with Gasteiger partial charge in [-0.05, 0) is 61.4 Å². The number of aryl methyl sites for hydroxylation is 1. The molecule has 1 aliphatic carbocycles. The van der Waals surface area contributed by atoms with Crippen molar-refractivity contribution in [1.29, 1.82) is 0 Å². The molecule has 1 aliphatic heterocycles. The molecular formula is C28H24N2O2S2. The van der Waals surface area contributed by atoms with Crippen LogP contribution in [0.4, 0.5) is 0 Å². The number of benzene rings is 2. The van der Waals surface area contributed by atoms with Gasteiger partial charge in [0.1, 0.15) is 5.75 Å². The highest BCUT2D eigenvalue weighted by Crippen LogP contribution is 2.42. The first-order valence-electron chi connectivity index (χ1n) is 11.5. The topological polar surface area (TPSA) is 43.6 Å². The molecule has 0 spiro atoms. The minimum absolute atomic E-state index is 0.00640. The Morgan fingerprint density at radius 1 is 1.06 bits per heavy atom. The summed E-state index contributed by atoms with van der Waals surface area (Å²) in [5.41, 5.74) is 5.71. The van der Waals surface area contributed by atoms with Crippen LogP contribution in [-0.4, -0.2) is 10.7 Å². The maximum absolute atomic E-state index is 13.8. The number of allylic oxidation sites excluding steroid dienone is 1. The Hall–Kier alpha value is -3.22. The number of hydrogen-bond donors (Lipinski definition) is 0. The van der Waals surface area contributed by atoms with Gasteiger partial charge in [-0.3, -0.25) is 9.36 Å². The second-order valence-electron chi connectivity index (χ2n) is 8.83. The van der Waals surface area contributed by atoms with Gasteiger partial charge >= 0.3 is 0 Å². The summed E-state index contributed by atoms with van der Waals surface area (Å²) in [6, 6.07) is 20.5. The third-order valence-electron chi connectivity index (χ3n) is 6.25. The molecule has 170 valence electrons. The van der Waals surface area contributed by atoms with E-state index in [1.54, 1.807) is 11.3 Å². The molecule has 1 unspecified atom stereocenters. The van der Waals surface area contributed by atoms with Crippen LogP contribution in [-0.2, 0) is 6.42 Å². The standard InChI is InChI=1S/C28H24N2O2S2/c1-17(2)32-22-11-6-4-9-19(22)16-24-27(31)30-26(23-12-7-15-33-23)21-14-13-18-8-3-5-10-20(18)25(21)29-28(30)34-24/h3-12,15-17,26H,13-14H2,1-2H3. The van der Waals surface area contributed by atoms with Crippen molar-refractivity contribution >= 4 is 34.4 Å². The van der Waals surface area contributed by atoms with Gasteiger partial charge in [-0.2, -0.15) is 0 Å². The van der Waals surface area contributed by atoms with Gasteiger partial charge in [0, 0.05) is 16.0 Å². The number of aromatic nitrogens is 1. The zero-order chi connectivity index (χ0) is 23.2. The zero-order valence-corrected chi connectivity index (χ0v) is 20.7. The van der Waals surface area contributed by atoms with Gasteiger partial charge in [0.2, 0.25) is 0 Å². The van der Waals surface area contributed by atoms with Crippen molar-refractivity contribution in [1.82, 2.24) is 4.57 Å². The number of ether oxygens (including phenoxy) is 1. The summed E-state index contributed by atoms with van der Waals surface area (Å²) in [5, 5.41) is 2.09. The summed E-state index contributed by atoms with van der Waals surface area (Å²) in [6.45, 7) is 4.02. The quantitative estimate of drug-likeness (QED) is 0.401. The van der Waals surface area contributed by atoms with Crippen LogP contribution in [0.2, 0.25) is 0 Å². The molecule has 0 N–H and O–H groups in total. The van der Waals surface area contributed by atoms with Crippen molar-refractivity contribution in [2.24, 2.45) is 4.99 Å². The normalized spacial score (nSPS) is 17.3. The predicted octanol–water partition coefficient (Wildman–Crippen LogP) is 5.17. The molecule has 2 aromatic carbocycles. The number of thiazole rings is 1. The lowest BCUT2D eigenvalue weighted by Crippen LogP contribution is -2.38. The van der Waals surface area contributed by atoms with E-state index in [9.17, 15) is 4.79 Å². The first kappa shape index (κ1) is 21.3. The second kappa shape index (κ2) is 8.53. The van der Waals surface area contributed by atoms with Crippen molar-refractivity contribution < 1.29 is 4.74 Å². The molecular weight excluding hydrogens is 460 g/mol. The summed E-state index contributed by atoms with van der Waals surface area (Å²) in [5.74, 6) is 0.784. The Kier molecular flexibility index (Phi) is 5.35. The van der Waals surface area contributed by atoms with Gasteiger partial charge < -0.3 is 4.74 Å². The molecule has 34 heavy (non-hydrogen) atoms. The number of thiophene rings is 1. The maximum atomic E-state index is 13.8. The van der Waals surface area contributed by atoms with Gasteiger partial charge in [0.15, 0.2) is 4.80 Å². The highest BCUT2D eigenvalue weighted by molar-refractivity contribution is 7.10. The first-order chi connectivity index (χ1) is 16.6. The molecule has 0 radical (unpaired) electrons. The summed E-state index contributed by atoms with van der Waals surface area (Å²) in [7, 11) is 0. The van der Waals surface area contributed by atoms with Gasteiger partial charge in [-0.1, -0.05) is 59.9 Å². The van der Waals surface area contributed by atoms with E-state index in [2.05, 4.69) is 41.8 Å². The second-order valence-corrected chi connectivity index (χ2v) is 10.8. The lowest BCUT2D eigenvalue weighted by molar-refractivity contribution is 0.242. The van der Waals surface area contributed by atoms with E-state index in [-0.39, 0.29) is 17.7 Å². The van der Waals surface area contributed by atoms with Crippen molar-refractivity contribution in [2.75, 3.05) is 0 Å². The van der Waals surface area contributed by atoms with Crippen LogP contribution in [0.3, 0.4) is 0 Å². The molecule has 4 nitrogen and oxygen atoms in total. The number of hydrogen-bond acceptors (Lipinski definition) is 5. The monoisotopic (exact) mass is 484 g/mol. The Labute approximate surface area is 205 Å². The SMILES string of the molecule is CC(C)Oc1ccccc1C=c1sc2n(c1=O)C(c1cccs1)C1=C(N=2)c2ccccc2CC1. The van der Waals surface area contributed by atoms with E-state index < -0.39 is 0 Å². The smallest absolute Gasteiger partial charge is 0.271 e. The molecule has 6 rings (SSSR count). The molecule has 4 aromatic rings. The Morgan fingerprint density at radius 2 is 1.88 bits per heavy atom. The highest BCUT2D eigenvalue weighted by Gasteiger charge is 2.33. The summed E-state index contributed by atoms with van der Waals surface area (Å²) < 4.78 is 8.57. The summed E-state index contributed by atoms with van der Waals surface area (Å²) >= 11 is 3.16. The minimum atomic E-state index is -0.107. The van der Waals surface area contributed by atoms with E-state index in [1.165, 1.54) is 32.9 Å². The fourth-order valence-corrected chi connectivity index (χ4v) is 6.66. The zero-order valence-electron chi connectivity index (χ0n) is 19.0.